The van der Waals surface area contributed by atoms with Crippen LogP contribution in [0.25, 0.3) is 5.57 Å². The molecule has 1 atom stereocenters. The first-order chi connectivity index (χ1) is 9.06. The molecule has 1 fully saturated rings. The van der Waals surface area contributed by atoms with E-state index in [4.69, 9.17) is 17.3 Å². The SMILES string of the molecule is CC(=CC(=O)N1CCCC(N)C1)c1cccc(Cl)c1. The second-order valence-electron chi connectivity index (χ2n) is 5.02. The largest absolute Gasteiger partial charge is 0.338 e. The van der Waals surface area contributed by atoms with Gasteiger partial charge in [0.2, 0.25) is 5.91 Å². The first-order valence-electron chi connectivity index (χ1n) is 6.55. The van der Waals surface area contributed by atoms with Crippen LogP contribution in [-0.2, 0) is 4.79 Å². The quantitative estimate of drug-likeness (QED) is 0.846. The summed E-state index contributed by atoms with van der Waals surface area (Å²) < 4.78 is 0. The molecule has 1 amide bonds. The average Bonchev–Trinajstić information content (AvgIpc) is 2.38. The molecule has 1 unspecified atom stereocenters. The van der Waals surface area contributed by atoms with Gasteiger partial charge in [0.25, 0.3) is 0 Å². The van der Waals surface area contributed by atoms with E-state index in [1.165, 1.54) is 0 Å². The van der Waals surface area contributed by atoms with Gasteiger partial charge in [-0.1, -0.05) is 23.7 Å². The fraction of sp³-hybridized carbons (Fsp3) is 0.400. The predicted molar refractivity (Wildman–Crippen MR) is 78.9 cm³/mol. The van der Waals surface area contributed by atoms with Crippen molar-refractivity contribution in [2.75, 3.05) is 13.1 Å². The molecule has 2 rings (SSSR count). The lowest BCUT2D eigenvalue weighted by Gasteiger charge is -2.30. The number of amides is 1. The predicted octanol–water partition coefficient (Wildman–Crippen LogP) is 2.69. The summed E-state index contributed by atoms with van der Waals surface area (Å²) in [4.78, 5) is 14.0. The van der Waals surface area contributed by atoms with Crippen LogP contribution >= 0.6 is 11.6 Å². The Bertz CT molecular complexity index is 499. The van der Waals surface area contributed by atoms with Crippen molar-refractivity contribution in [3.8, 4) is 0 Å². The Morgan fingerprint density at radius 3 is 3.00 bits per heavy atom. The van der Waals surface area contributed by atoms with E-state index in [0.717, 1.165) is 30.5 Å². The Labute approximate surface area is 119 Å². The van der Waals surface area contributed by atoms with Crippen molar-refractivity contribution < 1.29 is 4.79 Å². The molecule has 0 aliphatic carbocycles. The second-order valence-corrected chi connectivity index (χ2v) is 5.46. The van der Waals surface area contributed by atoms with Crippen LogP contribution in [0.1, 0.15) is 25.3 Å². The number of hydrogen-bond donors (Lipinski definition) is 1. The lowest BCUT2D eigenvalue weighted by Crippen LogP contribution is -2.45. The number of rotatable bonds is 2. The molecule has 0 radical (unpaired) electrons. The van der Waals surface area contributed by atoms with Gasteiger partial charge in [-0.05, 0) is 43.0 Å². The minimum absolute atomic E-state index is 0.0348. The van der Waals surface area contributed by atoms with Crippen LogP contribution in [0.2, 0.25) is 5.02 Å². The van der Waals surface area contributed by atoms with Gasteiger partial charge in [-0.15, -0.1) is 0 Å². The third kappa shape index (κ3) is 3.82. The summed E-state index contributed by atoms with van der Waals surface area (Å²) in [6.45, 7) is 3.37. The van der Waals surface area contributed by atoms with E-state index in [9.17, 15) is 4.79 Å². The summed E-state index contributed by atoms with van der Waals surface area (Å²) in [5.74, 6) is 0.0348. The van der Waals surface area contributed by atoms with E-state index >= 15 is 0 Å². The monoisotopic (exact) mass is 278 g/mol. The highest BCUT2D eigenvalue weighted by Gasteiger charge is 2.19. The molecule has 0 bridgehead atoms. The molecular weight excluding hydrogens is 260 g/mol. The first-order valence-corrected chi connectivity index (χ1v) is 6.93. The minimum atomic E-state index is 0.0348. The summed E-state index contributed by atoms with van der Waals surface area (Å²) in [6, 6.07) is 7.63. The van der Waals surface area contributed by atoms with Crippen molar-refractivity contribution in [1.29, 1.82) is 0 Å². The van der Waals surface area contributed by atoms with Crippen LogP contribution < -0.4 is 5.73 Å². The van der Waals surface area contributed by atoms with E-state index in [0.29, 0.717) is 11.6 Å². The zero-order chi connectivity index (χ0) is 13.8. The summed E-state index contributed by atoms with van der Waals surface area (Å²) in [7, 11) is 0. The van der Waals surface area contributed by atoms with Gasteiger partial charge in [0.15, 0.2) is 0 Å². The number of piperidine rings is 1. The maximum absolute atomic E-state index is 12.2. The highest BCUT2D eigenvalue weighted by Crippen LogP contribution is 2.19. The summed E-state index contributed by atoms with van der Waals surface area (Å²) in [5.41, 5.74) is 7.79. The molecule has 3 nitrogen and oxygen atoms in total. The lowest BCUT2D eigenvalue weighted by atomic mass is 10.0. The molecule has 1 heterocycles. The van der Waals surface area contributed by atoms with Crippen LogP contribution in [0, 0.1) is 0 Å². The molecule has 0 saturated carbocycles. The van der Waals surface area contributed by atoms with Gasteiger partial charge >= 0.3 is 0 Å². The van der Waals surface area contributed by atoms with Crippen molar-refractivity contribution in [2.24, 2.45) is 5.73 Å². The number of hydrogen-bond acceptors (Lipinski definition) is 2. The van der Waals surface area contributed by atoms with Gasteiger partial charge in [-0.25, -0.2) is 0 Å². The van der Waals surface area contributed by atoms with Crippen molar-refractivity contribution in [2.45, 2.75) is 25.8 Å². The van der Waals surface area contributed by atoms with Gasteiger partial charge in [0.05, 0.1) is 0 Å². The standard InChI is InChI=1S/C15H19ClN2O/c1-11(12-4-2-5-13(16)9-12)8-15(19)18-7-3-6-14(17)10-18/h2,4-5,8-9,14H,3,6-7,10,17H2,1H3. The summed E-state index contributed by atoms with van der Waals surface area (Å²) in [5, 5.41) is 0.678. The molecule has 1 aromatic carbocycles. The molecular formula is C15H19ClN2O. The third-order valence-electron chi connectivity index (χ3n) is 3.39. The van der Waals surface area contributed by atoms with E-state index < -0.39 is 0 Å². The van der Waals surface area contributed by atoms with Crippen molar-refractivity contribution in [3.63, 3.8) is 0 Å². The third-order valence-corrected chi connectivity index (χ3v) is 3.62. The number of carbonyl (C=O) groups is 1. The maximum atomic E-state index is 12.2. The minimum Gasteiger partial charge on any atom is -0.338 e. The molecule has 0 aromatic heterocycles. The molecule has 1 aliphatic heterocycles. The van der Waals surface area contributed by atoms with Gasteiger partial charge < -0.3 is 10.6 Å². The van der Waals surface area contributed by atoms with Gasteiger partial charge in [0.1, 0.15) is 0 Å². The number of likely N-dealkylation sites (tertiary alicyclic amines) is 1. The fourth-order valence-corrected chi connectivity index (χ4v) is 2.49. The average molecular weight is 279 g/mol. The molecule has 1 saturated heterocycles. The number of nitrogens with two attached hydrogens (primary N) is 1. The molecule has 1 aromatic rings. The zero-order valence-corrected chi connectivity index (χ0v) is 11.9. The van der Waals surface area contributed by atoms with Crippen molar-refractivity contribution >= 4 is 23.1 Å². The normalized spacial score (nSPS) is 20.5. The van der Waals surface area contributed by atoms with Crippen molar-refractivity contribution in [3.05, 3.63) is 40.9 Å². The molecule has 102 valence electrons. The smallest absolute Gasteiger partial charge is 0.246 e. The Morgan fingerprint density at radius 2 is 2.32 bits per heavy atom. The lowest BCUT2D eigenvalue weighted by molar-refractivity contribution is -0.127. The topological polar surface area (TPSA) is 46.3 Å². The van der Waals surface area contributed by atoms with Crippen LogP contribution in [0.3, 0.4) is 0 Å². The number of benzene rings is 1. The molecule has 0 spiro atoms. The van der Waals surface area contributed by atoms with E-state index in [-0.39, 0.29) is 11.9 Å². The number of allylic oxidation sites excluding steroid dienone is 1. The van der Waals surface area contributed by atoms with Gasteiger partial charge in [-0.2, -0.15) is 0 Å². The number of carbonyl (C=O) groups excluding carboxylic acids is 1. The fourth-order valence-electron chi connectivity index (χ4n) is 2.30. The Kier molecular flexibility index (Phi) is 4.61. The molecule has 1 aliphatic rings. The maximum Gasteiger partial charge on any atom is 0.246 e. The van der Waals surface area contributed by atoms with Gasteiger partial charge in [0, 0.05) is 30.2 Å². The van der Waals surface area contributed by atoms with Gasteiger partial charge in [-0.3, -0.25) is 4.79 Å². The van der Waals surface area contributed by atoms with Crippen LogP contribution in [0.15, 0.2) is 30.3 Å². The number of halogens is 1. The highest BCUT2D eigenvalue weighted by molar-refractivity contribution is 6.30. The Morgan fingerprint density at radius 1 is 1.53 bits per heavy atom. The van der Waals surface area contributed by atoms with Crippen LogP contribution in [0.5, 0.6) is 0 Å². The Balaban J connectivity index is 2.09. The first kappa shape index (κ1) is 14.1. The molecule has 2 N–H and O–H groups in total. The Hall–Kier alpha value is -1.32. The van der Waals surface area contributed by atoms with E-state index in [2.05, 4.69) is 0 Å². The van der Waals surface area contributed by atoms with Crippen molar-refractivity contribution in [1.82, 2.24) is 4.90 Å². The summed E-state index contributed by atoms with van der Waals surface area (Å²) in [6.07, 6.45) is 3.65. The molecule has 4 heteroatoms. The highest BCUT2D eigenvalue weighted by atomic mass is 35.5. The van der Waals surface area contributed by atoms with E-state index in [1.54, 1.807) is 6.08 Å². The van der Waals surface area contributed by atoms with Crippen LogP contribution in [0.4, 0.5) is 0 Å². The van der Waals surface area contributed by atoms with E-state index in [1.807, 2.05) is 36.1 Å². The van der Waals surface area contributed by atoms with Crippen LogP contribution in [-0.4, -0.2) is 29.9 Å². The molecule has 19 heavy (non-hydrogen) atoms. The number of nitrogens with zero attached hydrogens (tertiary/aromatic N) is 1. The second kappa shape index (κ2) is 6.22. The summed E-state index contributed by atoms with van der Waals surface area (Å²) >= 11 is 5.95. The zero-order valence-electron chi connectivity index (χ0n) is 11.1.